The molecule has 0 spiro atoms. The fourth-order valence-corrected chi connectivity index (χ4v) is 1.42. The van der Waals surface area contributed by atoms with Gasteiger partial charge in [-0.25, -0.2) is 4.79 Å². The molecule has 0 saturated carbocycles. The number of amides is 1. The molecule has 0 aliphatic heterocycles. The molecule has 1 aromatic rings. The van der Waals surface area contributed by atoms with Gasteiger partial charge in [-0.15, -0.1) is 13.2 Å². The Bertz CT molecular complexity index is 469. The van der Waals surface area contributed by atoms with Gasteiger partial charge < -0.3 is 9.64 Å². The number of esters is 1. The first-order valence-corrected chi connectivity index (χ1v) is 5.73. The van der Waals surface area contributed by atoms with E-state index in [2.05, 4.69) is 18.3 Å². The molecule has 6 nitrogen and oxygen atoms in total. The highest BCUT2D eigenvalue weighted by Gasteiger charge is 2.15. The monoisotopic (exact) mass is 263 g/mol. The van der Waals surface area contributed by atoms with Crippen molar-refractivity contribution in [3.05, 3.63) is 43.3 Å². The molecule has 0 saturated heterocycles. The van der Waals surface area contributed by atoms with Crippen LogP contribution in [0.15, 0.2) is 37.7 Å². The van der Waals surface area contributed by atoms with E-state index >= 15 is 0 Å². The minimum absolute atomic E-state index is 0.294. The number of carbonyl (C=O) groups excluding carboxylic acids is 2. The summed E-state index contributed by atoms with van der Waals surface area (Å²) in [6, 6.07) is 0. The number of hydrogen-bond acceptors (Lipinski definition) is 4. The normalized spacial score (nSPS) is 9.74. The number of hydrogen-bond donors (Lipinski definition) is 0. The molecule has 1 rings (SSSR count). The van der Waals surface area contributed by atoms with E-state index in [1.165, 1.54) is 22.0 Å². The standard InChI is InChI=1S/C13H17N3O3/c1-4-6-16(7-5-2)12(17)10-19-13(18)11-8-14-15(3)9-11/h4-5,8-9H,1-2,6-7,10H2,3H3. The van der Waals surface area contributed by atoms with Gasteiger partial charge in [-0.05, 0) is 0 Å². The third-order valence-corrected chi connectivity index (χ3v) is 2.32. The highest BCUT2D eigenvalue weighted by molar-refractivity contribution is 5.90. The van der Waals surface area contributed by atoms with E-state index < -0.39 is 5.97 Å². The van der Waals surface area contributed by atoms with Gasteiger partial charge in [0.05, 0.1) is 11.8 Å². The van der Waals surface area contributed by atoms with Crippen LogP contribution in [0.3, 0.4) is 0 Å². The van der Waals surface area contributed by atoms with Gasteiger partial charge in [0, 0.05) is 26.3 Å². The Labute approximate surface area is 112 Å². The van der Waals surface area contributed by atoms with Crippen molar-refractivity contribution in [3.8, 4) is 0 Å². The Morgan fingerprint density at radius 2 is 2.05 bits per heavy atom. The van der Waals surface area contributed by atoms with Crippen LogP contribution < -0.4 is 0 Å². The van der Waals surface area contributed by atoms with Gasteiger partial charge in [0.2, 0.25) is 0 Å². The summed E-state index contributed by atoms with van der Waals surface area (Å²) >= 11 is 0. The predicted molar refractivity (Wildman–Crippen MR) is 70.5 cm³/mol. The maximum absolute atomic E-state index is 11.8. The van der Waals surface area contributed by atoms with Gasteiger partial charge in [-0.2, -0.15) is 5.10 Å². The molecular formula is C13H17N3O3. The Morgan fingerprint density at radius 1 is 1.42 bits per heavy atom. The topological polar surface area (TPSA) is 64.4 Å². The van der Waals surface area contributed by atoms with E-state index in [9.17, 15) is 9.59 Å². The Balaban J connectivity index is 2.50. The number of nitrogens with zero attached hydrogens (tertiary/aromatic N) is 3. The number of carbonyl (C=O) groups is 2. The highest BCUT2D eigenvalue weighted by Crippen LogP contribution is 2.00. The van der Waals surface area contributed by atoms with Crippen molar-refractivity contribution in [2.24, 2.45) is 7.05 Å². The lowest BCUT2D eigenvalue weighted by atomic mass is 10.4. The SMILES string of the molecule is C=CCN(CC=C)C(=O)COC(=O)c1cnn(C)c1. The van der Waals surface area contributed by atoms with Crippen LogP contribution in [0.25, 0.3) is 0 Å². The maximum Gasteiger partial charge on any atom is 0.341 e. The van der Waals surface area contributed by atoms with Gasteiger partial charge in [0.1, 0.15) is 0 Å². The van der Waals surface area contributed by atoms with E-state index in [0.29, 0.717) is 18.7 Å². The molecule has 0 radical (unpaired) electrons. The van der Waals surface area contributed by atoms with Crippen molar-refractivity contribution in [3.63, 3.8) is 0 Å². The number of rotatable bonds is 7. The van der Waals surface area contributed by atoms with Crippen molar-refractivity contribution in [2.75, 3.05) is 19.7 Å². The van der Waals surface area contributed by atoms with Crippen LogP contribution in [0, 0.1) is 0 Å². The molecule has 0 fully saturated rings. The van der Waals surface area contributed by atoms with Crippen molar-refractivity contribution in [2.45, 2.75) is 0 Å². The summed E-state index contributed by atoms with van der Waals surface area (Å²) in [5.74, 6) is -0.865. The number of aryl methyl sites for hydroxylation is 1. The van der Waals surface area contributed by atoms with Crippen LogP contribution in [-0.4, -0.2) is 46.3 Å². The van der Waals surface area contributed by atoms with E-state index in [0.717, 1.165) is 0 Å². The third-order valence-electron chi connectivity index (χ3n) is 2.32. The third kappa shape index (κ3) is 4.42. The molecule has 1 aromatic heterocycles. The van der Waals surface area contributed by atoms with Crippen LogP contribution in [0.5, 0.6) is 0 Å². The first-order chi connectivity index (χ1) is 9.08. The summed E-state index contributed by atoms with van der Waals surface area (Å²) in [5, 5.41) is 3.85. The average Bonchev–Trinajstić information content (AvgIpc) is 2.82. The fourth-order valence-electron chi connectivity index (χ4n) is 1.42. The molecule has 6 heteroatoms. The first kappa shape index (κ1) is 14.7. The minimum Gasteiger partial charge on any atom is -0.452 e. The summed E-state index contributed by atoms with van der Waals surface area (Å²) in [7, 11) is 1.69. The smallest absolute Gasteiger partial charge is 0.341 e. The zero-order chi connectivity index (χ0) is 14.3. The van der Waals surface area contributed by atoms with Crippen molar-refractivity contribution in [1.82, 2.24) is 14.7 Å². The van der Waals surface area contributed by atoms with Gasteiger partial charge in [-0.1, -0.05) is 12.2 Å². The number of ether oxygens (including phenoxy) is 1. The van der Waals surface area contributed by atoms with Crippen molar-refractivity contribution < 1.29 is 14.3 Å². The van der Waals surface area contributed by atoms with E-state index in [-0.39, 0.29) is 12.5 Å². The summed E-state index contributed by atoms with van der Waals surface area (Å²) in [6.07, 6.45) is 6.12. The molecule has 0 aliphatic carbocycles. The largest absolute Gasteiger partial charge is 0.452 e. The van der Waals surface area contributed by atoms with E-state index in [4.69, 9.17) is 4.74 Å². The molecule has 0 bridgehead atoms. The lowest BCUT2D eigenvalue weighted by Gasteiger charge is -2.18. The lowest BCUT2D eigenvalue weighted by Crippen LogP contribution is -2.34. The molecule has 19 heavy (non-hydrogen) atoms. The highest BCUT2D eigenvalue weighted by atomic mass is 16.5. The Morgan fingerprint density at radius 3 is 2.53 bits per heavy atom. The van der Waals surface area contributed by atoms with E-state index in [1.54, 1.807) is 19.2 Å². The lowest BCUT2D eigenvalue weighted by molar-refractivity contribution is -0.133. The molecule has 0 aromatic carbocycles. The molecular weight excluding hydrogens is 246 g/mol. The molecule has 0 atom stereocenters. The molecule has 0 unspecified atom stereocenters. The van der Waals surface area contributed by atoms with Crippen molar-refractivity contribution >= 4 is 11.9 Å². The fraction of sp³-hybridized carbons (Fsp3) is 0.308. The van der Waals surface area contributed by atoms with Crippen LogP contribution >= 0.6 is 0 Å². The summed E-state index contributed by atoms with van der Waals surface area (Å²) in [6.45, 7) is 7.59. The van der Waals surface area contributed by atoms with Crippen molar-refractivity contribution in [1.29, 1.82) is 0 Å². The molecule has 0 N–H and O–H groups in total. The van der Waals surface area contributed by atoms with Gasteiger partial charge in [0.25, 0.3) is 5.91 Å². The quantitative estimate of drug-likeness (QED) is 0.538. The Hall–Kier alpha value is -2.37. The predicted octanol–water partition coefficient (Wildman–Crippen LogP) is 0.777. The van der Waals surface area contributed by atoms with Crippen LogP contribution in [0.1, 0.15) is 10.4 Å². The second-order valence-electron chi connectivity index (χ2n) is 3.85. The maximum atomic E-state index is 11.8. The Kier molecular flexibility index (Phi) is 5.53. The van der Waals surface area contributed by atoms with E-state index in [1.807, 2.05) is 0 Å². The summed E-state index contributed by atoms with van der Waals surface area (Å²) in [4.78, 5) is 24.9. The van der Waals surface area contributed by atoms with Crippen LogP contribution in [0.2, 0.25) is 0 Å². The zero-order valence-electron chi connectivity index (χ0n) is 10.9. The zero-order valence-corrected chi connectivity index (χ0v) is 10.9. The molecule has 1 heterocycles. The van der Waals surface area contributed by atoms with Gasteiger partial charge >= 0.3 is 5.97 Å². The molecule has 1 amide bonds. The van der Waals surface area contributed by atoms with Crippen LogP contribution in [-0.2, 0) is 16.6 Å². The molecule has 102 valence electrons. The first-order valence-electron chi connectivity index (χ1n) is 5.73. The second kappa shape index (κ2) is 7.15. The molecule has 0 aliphatic rings. The number of aromatic nitrogens is 2. The average molecular weight is 263 g/mol. The minimum atomic E-state index is -0.571. The summed E-state index contributed by atoms with van der Waals surface area (Å²) in [5.41, 5.74) is 0.314. The second-order valence-corrected chi connectivity index (χ2v) is 3.85. The van der Waals surface area contributed by atoms with Gasteiger partial charge in [0.15, 0.2) is 6.61 Å². The summed E-state index contributed by atoms with van der Waals surface area (Å²) < 4.78 is 6.41. The van der Waals surface area contributed by atoms with Gasteiger partial charge in [-0.3, -0.25) is 9.48 Å². The van der Waals surface area contributed by atoms with Crippen LogP contribution in [0.4, 0.5) is 0 Å².